The Balaban J connectivity index is 1.04. The molecule has 2 heterocycles. The molecule has 0 saturated carbocycles. The van der Waals surface area contributed by atoms with Gasteiger partial charge in [-0.25, -0.2) is 9.59 Å². The maximum Gasteiger partial charge on any atom is 0.343 e. The normalized spacial score (nSPS) is 17.1. The summed E-state index contributed by atoms with van der Waals surface area (Å²) in [6.45, 7) is 17.8. The van der Waals surface area contributed by atoms with Gasteiger partial charge in [0.1, 0.15) is 35.2 Å². The van der Waals surface area contributed by atoms with E-state index in [0.717, 1.165) is 87.6 Å². The Hall–Kier alpha value is -3.96. The summed E-state index contributed by atoms with van der Waals surface area (Å²) in [4.78, 5) is 26.3. The Kier molecular flexibility index (Phi) is 15.8. The number of epoxide rings is 2. The first-order valence-electron chi connectivity index (χ1n) is 19.5. The first-order valence-corrected chi connectivity index (χ1v) is 19.5. The van der Waals surface area contributed by atoms with Crippen LogP contribution in [0.2, 0.25) is 0 Å². The molecule has 10 heteroatoms. The van der Waals surface area contributed by atoms with E-state index in [4.69, 9.17) is 37.9 Å². The van der Waals surface area contributed by atoms with Crippen LogP contribution in [0.1, 0.15) is 95.3 Å². The Morgan fingerprint density at radius 1 is 0.593 bits per heavy atom. The van der Waals surface area contributed by atoms with Gasteiger partial charge in [0.15, 0.2) is 0 Å². The van der Waals surface area contributed by atoms with E-state index in [-0.39, 0.29) is 0 Å². The van der Waals surface area contributed by atoms with Crippen LogP contribution in [0.5, 0.6) is 23.0 Å². The molecule has 10 nitrogen and oxygen atoms in total. The van der Waals surface area contributed by atoms with Crippen LogP contribution in [0.3, 0.4) is 0 Å². The minimum absolute atomic E-state index is 0.312. The molecule has 3 aromatic carbocycles. The van der Waals surface area contributed by atoms with E-state index in [1.54, 1.807) is 36.4 Å². The van der Waals surface area contributed by atoms with Crippen LogP contribution in [-0.2, 0) is 18.9 Å². The summed E-state index contributed by atoms with van der Waals surface area (Å²) in [6, 6.07) is 13.9. The molecule has 5 rings (SSSR count). The lowest BCUT2D eigenvalue weighted by molar-refractivity contribution is 0.0717. The van der Waals surface area contributed by atoms with E-state index in [9.17, 15) is 9.59 Å². The van der Waals surface area contributed by atoms with Crippen molar-refractivity contribution in [2.45, 2.75) is 92.3 Å². The zero-order valence-electron chi connectivity index (χ0n) is 32.9. The van der Waals surface area contributed by atoms with E-state index in [1.165, 1.54) is 0 Å². The topological polar surface area (TPSA) is 115 Å². The zero-order chi connectivity index (χ0) is 38.5. The molecular formula is C44H58O10. The van der Waals surface area contributed by atoms with E-state index in [2.05, 4.69) is 13.8 Å². The molecule has 4 atom stereocenters. The van der Waals surface area contributed by atoms with Gasteiger partial charge < -0.3 is 37.9 Å². The van der Waals surface area contributed by atoms with Crippen molar-refractivity contribution >= 4 is 11.9 Å². The molecule has 0 aromatic heterocycles. The summed E-state index contributed by atoms with van der Waals surface area (Å²) in [7, 11) is 0. The van der Waals surface area contributed by atoms with Crippen molar-refractivity contribution in [1.82, 2.24) is 0 Å². The molecule has 2 aliphatic heterocycles. The first-order chi connectivity index (χ1) is 26.1. The monoisotopic (exact) mass is 746 g/mol. The molecule has 4 unspecified atom stereocenters. The summed E-state index contributed by atoms with van der Waals surface area (Å²) in [5, 5.41) is 0. The fraction of sp³-hybridized carbons (Fsp3) is 0.545. The van der Waals surface area contributed by atoms with Crippen LogP contribution >= 0.6 is 0 Å². The number of carbonyl (C=O) groups excluding carboxylic acids is 2. The van der Waals surface area contributed by atoms with Crippen molar-refractivity contribution in [3.8, 4) is 23.0 Å². The lowest BCUT2D eigenvalue weighted by atomic mass is 10.0. The van der Waals surface area contributed by atoms with Crippen molar-refractivity contribution in [3.63, 3.8) is 0 Å². The second kappa shape index (κ2) is 20.6. The second-order valence-electron chi connectivity index (χ2n) is 14.9. The van der Waals surface area contributed by atoms with Gasteiger partial charge in [-0.3, -0.25) is 0 Å². The van der Waals surface area contributed by atoms with Crippen LogP contribution < -0.4 is 18.9 Å². The zero-order valence-corrected chi connectivity index (χ0v) is 32.9. The molecule has 0 spiro atoms. The third kappa shape index (κ3) is 13.4. The largest absolute Gasteiger partial charge is 0.493 e. The van der Waals surface area contributed by atoms with Crippen LogP contribution in [0.15, 0.2) is 48.5 Å². The molecule has 2 aliphatic rings. The molecule has 0 aliphatic carbocycles. The number of carbonyl (C=O) groups is 2. The fourth-order valence-corrected chi connectivity index (χ4v) is 6.04. The number of benzene rings is 3. The molecule has 294 valence electrons. The summed E-state index contributed by atoms with van der Waals surface area (Å²) in [5.41, 5.74) is 3.99. The SMILES string of the molecule is Cc1cc(C(=O)Oc2ccc(OC(=O)c3ccc(OCCC(C)CCCOCC4CO4)c(C)c3)c(C)c2C)ccc1OCCC(C)CCCOCC1CO1. The molecule has 54 heavy (non-hydrogen) atoms. The maximum atomic E-state index is 13.1. The van der Waals surface area contributed by atoms with E-state index < -0.39 is 11.9 Å². The van der Waals surface area contributed by atoms with E-state index in [0.29, 0.717) is 84.2 Å². The summed E-state index contributed by atoms with van der Waals surface area (Å²) < 4.78 is 45.2. The van der Waals surface area contributed by atoms with Crippen LogP contribution in [0.25, 0.3) is 0 Å². The summed E-state index contributed by atoms with van der Waals surface area (Å²) in [5.74, 6) is 2.41. The van der Waals surface area contributed by atoms with Gasteiger partial charge in [0.2, 0.25) is 0 Å². The number of esters is 2. The van der Waals surface area contributed by atoms with Crippen molar-refractivity contribution < 1.29 is 47.5 Å². The molecule has 2 saturated heterocycles. The molecule has 2 fully saturated rings. The standard InChI is InChI=1S/C44H58O10/c1-29(9-7-19-47-25-37-27-51-37)17-21-49-39-13-11-35(23-31(39)3)43(45)53-41-15-16-42(34(6)33(41)5)54-44(46)36-12-14-40(32(4)24-36)50-22-18-30(2)10-8-20-48-26-38-28-52-38/h11-16,23-24,29-30,37-38H,7-10,17-22,25-28H2,1-6H3. The van der Waals surface area contributed by atoms with Gasteiger partial charge in [-0.1, -0.05) is 13.8 Å². The lowest BCUT2D eigenvalue weighted by Crippen LogP contribution is -2.12. The van der Waals surface area contributed by atoms with Crippen LogP contribution in [0.4, 0.5) is 0 Å². The molecule has 0 N–H and O–H groups in total. The summed E-state index contributed by atoms with van der Waals surface area (Å²) in [6.07, 6.45) is 6.72. The fourth-order valence-electron chi connectivity index (χ4n) is 6.04. The lowest BCUT2D eigenvalue weighted by Gasteiger charge is -2.16. The smallest absolute Gasteiger partial charge is 0.343 e. The third-order valence-corrected chi connectivity index (χ3v) is 10.0. The number of aryl methyl sites for hydroxylation is 2. The van der Waals surface area contributed by atoms with Gasteiger partial charge in [-0.2, -0.15) is 0 Å². The molecule has 3 aromatic rings. The van der Waals surface area contributed by atoms with Crippen molar-refractivity contribution in [2.75, 3.05) is 52.9 Å². The molecule has 0 radical (unpaired) electrons. The van der Waals surface area contributed by atoms with Crippen molar-refractivity contribution in [3.05, 3.63) is 81.9 Å². The van der Waals surface area contributed by atoms with Gasteiger partial charge in [0.05, 0.1) is 50.8 Å². The Bertz CT molecular complexity index is 1560. The molecule has 0 bridgehead atoms. The first kappa shape index (κ1) is 41.2. The average Bonchev–Trinajstić information content (AvgIpc) is 4.09. The third-order valence-electron chi connectivity index (χ3n) is 10.0. The Morgan fingerprint density at radius 3 is 1.35 bits per heavy atom. The highest BCUT2D eigenvalue weighted by Crippen LogP contribution is 2.31. The van der Waals surface area contributed by atoms with Crippen molar-refractivity contribution in [1.29, 1.82) is 0 Å². The minimum Gasteiger partial charge on any atom is -0.493 e. The minimum atomic E-state index is -0.474. The predicted molar refractivity (Wildman–Crippen MR) is 206 cm³/mol. The molecular weight excluding hydrogens is 688 g/mol. The Labute approximate surface area is 320 Å². The average molecular weight is 747 g/mol. The highest BCUT2D eigenvalue weighted by Gasteiger charge is 2.23. The highest BCUT2D eigenvalue weighted by atomic mass is 16.6. The Morgan fingerprint density at radius 2 is 0.981 bits per heavy atom. The number of hydrogen-bond acceptors (Lipinski definition) is 10. The quantitative estimate of drug-likeness (QED) is 0.0382. The second-order valence-corrected chi connectivity index (χ2v) is 14.9. The van der Waals surface area contributed by atoms with E-state index in [1.807, 2.05) is 39.8 Å². The maximum absolute atomic E-state index is 13.1. The van der Waals surface area contributed by atoms with Gasteiger partial charge in [-0.15, -0.1) is 0 Å². The predicted octanol–water partition coefficient (Wildman–Crippen LogP) is 8.56. The molecule has 0 amide bonds. The number of hydrogen-bond donors (Lipinski definition) is 0. The van der Waals surface area contributed by atoms with Gasteiger partial charge in [0.25, 0.3) is 0 Å². The van der Waals surface area contributed by atoms with Gasteiger partial charge in [-0.05, 0) is 149 Å². The van der Waals surface area contributed by atoms with Crippen LogP contribution in [-0.4, -0.2) is 77.0 Å². The van der Waals surface area contributed by atoms with E-state index >= 15 is 0 Å². The van der Waals surface area contributed by atoms with Gasteiger partial charge in [0, 0.05) is 13.2 Å². The van der Waals surface area contributed by atoms with Crippen molar-refractivity contribution in [2.24, 2.45) is 11.8 Å². The highest BCUT2D eigenvalue weighted by molar-refractivity contribution is 5.92. The van der Waals surface area contributed by atoms with Gasteiger partial charge >= 0.3 is 11.9 Å². The van der Waals surface area contributed by atoms with Crippen LogP contribution in [0, 0.1) is 39.5 Å². The number of rotatable bonds is 24. The number of ether oxygens (including phenoxy) is 8. The summed E-state index contributed by atoms with van der Waals surface area (Å²) >= 11 is 0.